The van der Waals surface area contributed by atoms with E-state index in [0.29, 0.717) is 24.9 Å². The number of aromatic nitrogens is 1. The van der Waals surface area contributed by atoms with Crippen molar-refractivity contribution in [2.75, 3.05) is 13.7 Å². The SMILES string of the molecule is COc1ccc2[nH]c(=O)c(CCNC(=O)Cc3ccccc3)cc2c1. The molecule has 25 heavy (non-hydrogen) atoms. The van der Waals surface area contributed by atoms with Crippen molar-refractivity contribution in [1.29, 1.82) is 0 Å². The molecule has 2 aromatic carbocycles. The van der Waals surface area contributed by atoms with Gasteiger partial charge in [0.1, 0.15) is 5.75 Å². The summed E-state index contributed by atoms with van der Waals surface area (Å²) in [4.78, 5) is 27.0. The minimum absolute atomic E-state index is 0.0508. The Bertz CT molecular complexity index is 933. The molecule has 0 aliphatic rings. The lowest BCUT2D eigenvalue weighted by atomic mass is 10.1. The first-order chi connectivity index (χ1) is 12.2. The van der Waals surface area contributed by atoms with Gasteiger partial charge in [0.05, 0.1) is 13.5 Å². The van der Waals surface area contributed by atoms with Gasteiger partial charge in [-0.25, -0.2) is 0 Å². The maximum atomic E-state index is 12.2. The number of nitrogens with one attached hydrogen (secondary N) is 2. The molecule has 0 spiro atoms. The van der Waals surface area contributed by atoms with Crippen LogP contribution in [0.4, 0.5) is 0 Å². The molecule has 0 radical (unpaired) electrons. The highest BCUT2D eigenvalue weighted by molar-refractivity contribution is 5.80. The molecule has 128 valence electrons. The number of H-pyrrole nitrogens is 1. The van der Waals surface area contributed by atoms with Gasteiger partial charge in [0, 0.05) is 23.0 Å². The number of benzene rings is 2. The molecule has 0 aliphatic carbocycles. The number of carbonyl (C=O) groups excluding carboxylic acids is 1. The third-order valence-corrected chi connectivity index (χ3v) is 4.05. The summed E-state index contributed by atoms with van der Waals surface area (Å²) < 4.78 is 5.21. The molecule has 1 heterocycles. The second kappa shape index (κ2) is 7.66. The van der Waals surface area contributed by atoms with Crippen molar-refractivity contribution in [3.63, 3.8) is 0 Å². The first-order valence-corrected chi connectivity index (χ1v) is 8.16. The Hall–Kier alpha value is -3.08. The van der Waals surface area contributed by atoms with E-state index in [0.717, 1.165) is 22.2 Å². The maximum absolute atomic E-state index is 12.2. The molecular weight excluding hydrogens is 316 g/mol. The van der Waals surface area contributed by atoms with Crippen molar-refractivity contribution < 1.29 is 9.53 Å². The summed E-state index contributed by atoms with van der Waals surface area (Å²) in [6.45, 7) is 0.421. The van der Waals surface area contributed by atoms with E-state index in [9.17, 15) is 9.59 Å². The molecule has 5 nitrogen and oxygen atoms in total. The molecule has 0 aliphatic heterocycles. The average molecular weight is 336 g/mol. The molecule has 0 fully saturated rings. The zero-order chi connectivity index (χ0) is 17.6. The molecular formula is C20H20N2O3. The van der Waals surface area contributed by atoms with E-state index >= 15 is 0 Å². The number of aromatic amines is 1. The highest BCUT2D eigenvalue weighted by atomic mass is 16.5. The summed E-state index contributed by atoms with van der Waals surface area (Å²) in [7, 11) is 1.61. The van der Waals surface area contributed by atoms with Gasteiger partial charge in [0.2, 0.25) is 5.91 Å². The number of hydrogen-bond donors (Lipinski definition) is 2. The van der Waals surface area contributed by atoms with Crippen molar-refractivity contribution in [1.82, 2.24) is 10.3 Å². The van der Waals surface area contributed by atoms with Crippen molar-refractivity contribution >= 4 is 16.8 Å². The van der Waals surface area contributed by atoms with Gasteiger partial charge < -0.3 is 15.0 Å². The van der Waals surface area contributed by atoms with Crippen LogP contribution in [0, 0.1) is 0 Å². The Morgan fingerprint density at radius 3 is 2.68 bits per heavy atom. The van der Waals surface area contributed by atoms with Crippen molar-refractivity contribution in [2.24, 2.45) is 0 Å². The number of rotatable bonds is 6. The number of amides is 1. The molecule has 0 saturated carbocycles. The zero-order valence-electron chi connectivity index (χ0n) is 14.0. The number of hydrogen-bond acceptors (Lipinski definition) is 3. The first kappa shape index (κ1) is 16.8. The third kappa shape index (κ3) is 4.26. The first-order valence-electron chi connectivity index (χ1n) is 8.16. The molecule has 0 saturated heterocycles. The molecule has 0 bridgehead atoms. The Balaban J connectivity index is 1.63. The van der Waals surface area contributed by atoms with Gasteiger partial charge in [-0.2, -0.15) is 0 Å². The molecule has 3 rings (SSSR count). The van der Waals surface area contributed by atoms with Crippen LogP contribution in [0.25, 0.3) is 10.9 Å². The van der Waals surface area contributed by atoms with E-state index in [4.69, 9.17) is 4.74 Å². The smallest absolute Gasteiger partial charge is 0.251 e. The summed E-state index contributed by atoms with van der Waals surface area (Å²) >= 11 is 0. The zero-order valence-corrected chi connectivity index (χ0v) is 14.0. The normalized spacial score (nSPS) is 10.6. The molecule has 0 unspecified atom stereocenters. The van der Waals surface area contributed by atoms with Crippen LogP contribution in [-0.2, 0) is 17.6 Å². The molecule has 2 N–H and O–H groups in total. The van der Waals surface area contributed by atoms with E-state index < -0.39 is 0 Å². The van der Waals surface area contributed by atoms with Crippen LogP contribution in [0.1, 0.15) is 11.1 Å². The summed E-state index contributed by atoms with van der Waals surface area (Å²) in [6.07, 6.45) is 0.815. The summed E-state index contributed by atoms with van der Waals surface area (Å²) in [6, 6.07) is 16.9. The molecule has 3 aromatic rings. The van der Waals surface area contributed by atoms with Crippen molar-refractivity contribution in [3.8, 4) is 5.75 Å². The average Bonchev–Trinajstić information content (AvgIpc) is 2.62. The van der Waals surface area contributed by atoms with Crippen LogP contribution >= 0.6 is 0 Å². The predicted molar refractivity (Wildman–Crippen MR) is 98.0 cm³/mol. The number of ether oxygens (including phenoxy) is 1. The van der Waals surface area contributed by atoms with Crippen LogP contribution in [0.3, 0.4) is 0 Å². The minimum atomic E-state index is -0.130. The molecule has 1 aromatic heterocycles. The van der Waals surface area contributed by atoms with E-state index in [2.05, 4.69) is 10.3 Å². The van der Waals surface area contributed by atoms with Crippen molar-refractivity contribution in [2.45, 2.75) is 12.8 Å². The fourth-order valence-electron chi connectivity index (χ4n) is 2.72. The Morgan fingerprint density at radius 2 is 1.92 bits per heavy atom. The Labute approximate surface area is 145 Å². The van der Waals surface area contributed by atoms with Crippen LogP contribution < -0.4 is 15.6 Å². The van der Waals surface area contributed by atoms with Gasteiger partial charge in [0.25, 0.3) is 5.56 Å². The van der Waals surface area contributed by atoms with E-state index in [1.54, 1.807) is 7.11 Å². The third-order valence-electron chi connectivity index (χ3n) is 4.05. The van der Waals surface area contributed by atoms with E-state index in [1.807, 2.05) is 54.6 Å². The summed E-state index contributed by atoms with van der Waals surface area (Å²) in [5.41, 5.74) is 2.24. The fraction of sp³-hybridized carbons (Fsp3) is 0.200. The molecule has 5 heteroatoms. The minimum Gasteiger partial charge on any atom is -0.497 e. The van der Waals surface area contributed by atoms with Gasteiger partial charge in [-0.1, -0.05) is 30.3 Å². The van der Waals surface area contributed by atoms with Crippen molar-refractivity contribution in [3.05, 3.63) is 76.1 Å². The number of fused-ring (bicyclic) bond motifs is 1. The molecule has 1 amide bonds. The van der Waals surface area contributed by atoms with E-state index in [-0.39, 0.29) is 11.5 Å². The number of methoxy groups -OCH3 is 1. The van der Waals surface area contributed by atoms with Gasteiger partial charge in [-0.05, 0) is 36.2 Å². The quantitative estimate of drug-likeness (QED) is 0.726. The highest BCUT2D eigenvalue weighted by Gasteiger charge is 2.06. The number of pyridine rings is 1. The maximum Gasteiger partial charge on any atom is 0.251 e. The second-order valence-electron chi connectivity index (χ2n) is 5.84. The lowest BCUT2D eigenvalue weighted by molar-refractivity contribution is -0.120. The standard InChI is InChI=1S/C20H20N2O3/c1-25-17-7-8-18-16(13-17)12-15(20(24)22-18)9-10-21-19(23)11-14-5-3-2-4-6-14/h2-8,12-13H,9-11H2,1H3,(H,21,23)(H,22,24). The van der Waals surface area contributed by atoms with Gasteiger partial charge in [-0.3, -0.25) is 9.59 Å². The summed E-state index contributed by atoms with van der Waals surface area (Å²) in [5.74, 6) is 0.687. The Kier molecular flexibility index (Phi) is 5.14. The molecule has 0 atom stereocenters. The van der Waals surface area contributed by atoms with Crippen LogP contribution in [0.5, 0.6) is 5.75 Å². The lowest BCUT2D eigenvalue weighted by Crippen LogP contribution is -2.28. The lowest BCUT2D eigenvalue weighted by Gasteiger charge is -2.07. The fourth-order valence-corrected chi connectivity index (χ4v) is 2.72. The van der Waals surface area contributed by atoms with Crippen LogP contribution in [-0.4, -0.2) is 24.5 Å². The van der Waals surface area contributed by atoms with E-state index in [1.165, 1.54) is 0 Å². The monoisotopic (exact) mass is 336 g/mol. The number of carbonyl (C=O) groups is 1. The highest BCUT2D eigenvalue weighted by Crippen LogP contribution is 2.18. The second-order valence-corrected chi connectivity index (χ2v) is 5.84. The van der Waals surface area contributed by atoms with Gasteiger partial charge >= 0.3 is 0 Å². The largest absolute Gasteiger partial charge is 0.497 e. The van der Waals surface area contributed by atoms with Gasteiger partial charge in [-0.15, -0.1) is 0 Å². The van der Waals surface area contributed by atoms with Crippen LogP contribution in [0.15, 0.2) is 59.4 Å². The predicted octanol–water partition coefficient (Wildman–Crippen LogP) is 2.44. The topological polar surface area (TPSA) is 71.2 Å². The Morgan fingerprint density at radius 1 is 1.12 bits per heavy atom. The van der Waals surface area contributed by atoms with Crippen LogP contribution in [0.2, 0.25) is 0 Å². The summed E-state index contributed by atoms with van der Waals surface area (Å²) in [5, 5.41) is 3.77. The van der Waals surface area contributed by atoms with Gasteiger partial charge in [0.15, 0.2) is 0 Å².